The molecule has 1 amide bonds. The lowest BCUT2D eigenvalue weighted by atomic mass is 10.1. The van der Waals surface area contributed by atoms with E-state index >= 15 is 0 Å². The van der Waals surface area contributed by atoms with Gasteiger partial charge in [0.05, 0.1) is 5.56 Å². The van der Waals surface area contributed by atoms with Crippen LogP contribution >= 0.6 is 0 Å². The molecule has 0 aliphatic heterocycles. The van der Waals surface area contributed by atoms with Crippen LogP contribution in [0.3, 0.4) is 0 Å². The first kappa shape index (κ1) is 18.3. The highest BCUT2D eigenvalue weighted by Crippen LogP contribution is 2.13. The molecule has 1 atom stereocenters. The number of hydrogen-bond donors (Lipinski definition) is 1. The first-order valence-electron chi connectivity index (χ1n) is 7.96. The lowest BCUT2D eigenvalue weighted by Gasteiger charge is -2.13. The maximum Gasteiger partial charge on any atom is 0.338 e. The van der Waals surface area contributed by atoms with Crippen LogP contribution in [0.1, 0.15) is 22.8 Å². The molecule has 0 saturated carbocycles. The summed E-state index contributed by atoms with van der Waals surface area (Å²) in [7, 11) is 0. The Morgan fingerprint density at radius 1 is 1.12 bits per heavy atom. The number of nitrogens with one attached hydrogen (secondary N) is 1. The molecule has 25 heavy (non-hydrogen) atoms. The molecule has 2 aromatic carbocycles. The van der Waals surface area contributed by atoms with Gasteiger partial charge in [-0.2, -0.15) is 0 Å². The number of para-hydroxylation sites is 1. The quantitative estimate of drug-likeness (QED) is 0.593. The monoisotopic (exact) mass is 339 g/mol. The number of carbonyl (C=O) groups excluding carboxylic acids is 2. The molecule has 2 aromatic rings. The van der Waals surface area contributed by atoms with Crippen molar-refractivity contribution >= 4 is 11.9 Å². The minimum Gasteiger partial charge on any atom is -0.489 e. The van der Waals surface area contributed by atoms with Crippen molar-refractivity contribution in [1.82, 2.24) is 5.32 Å². The molecule has 0 aliphatic rings. The molecular formula is C20H21NO4. The minimum absolute atomic E-state index is 0.330. The Labute approximate surface area is 147 Å². The van der Waals surface area contributed by atoms with Crippen LogP contribution in [0.2, 0.25) is 0 Å². The van der Waals surface area contributed by atoms with Crippen molar-refractivity contribution in [2.75, 3.05) is 6.54 Å². The highest BCUT2D eigenvalue weighted by molar-refractivity contribution is 5.92. The third-order valence-electron chi connectivity index (χ3n) is 3.41. The Bertz CT molecular complexity index is 710. The molecule has 0 aliphatic carbocycles. The van der Waals surface area contributed by atoms with E-state index in [0.717, 1.165) is 11.3 Å². The Kier molecular flexibility index (Phi) is 6.77. The first-order valence-corrected chi connectivity index (χ1v) is 7.96. The van der Waals surface area contributed by atoms with Crippen LogP contribution in [-0.2, 0) is 16.1 Å². The summed E-state index contributed by atoms with van der Waals surface area (Å²) in [5, 5.41) is 2.58. The topological polar surface area (TPSA) is 64.6 Å². The van der Waals surface area contributed by atoms with Gasteiger partial charge in [0.15, 0.2) is 6.10 Å². The average Bonchev–Trinajstić information content (AvgIpc) is 2.65. The van der Waals surface area contributed by atoms with Crippen LogP contribution in [0, 0.1) is 0 Å². The van der Waals surface area contributed by atoms with Crippen LogP contribution in [0.5, 0.6) is 5.75 Å². The van der Waals surface area contributed by atoms with Gasteiger partial charge in [0.2, 0.25) is 0 Å². The van der Waals surface area contributed by atoms with E-state index in [2.05, 4.69) is 11.9 Å². The van der Waals surface area contributed by atoms with Gasteiger partial charge in [-0.1, -0.05) is 36.4 Å². The number of esters is 1. The summed E-state index contributed by atoms with van der Waals surface area (Å²) in [6, 6.07) is 16.4. The number of amides is 1. The van der Waals surface area contributed by atoms with Gasteiger partial charge in [-0.3, -0.25) is 4.79 Å². The highest BCUT2D eigenvalue weighted by Gasteiger charge is 2.18. The Hall–Kier alpha value is -3.08. The van der Waals surface area contributed by atoms with Crippen molar-refractivity contribution in [3.63, 3.8) is 0 Å². The molecule has 0 spiro atoms. The van der Waals surface area contributed by atoms with Gasteiger partial charge < -0.3 is 14.8 Å². The van der Waals surface area contributed by atoms with E-state index in [-0.39, 0.29) is 5.91 Å². The van der Waals surface area contributed by atoms with Crippen molar-refractivity contribution in [2.45, 2.75) is 19.6 Å². The summed E-state index contributed by atoms with van der Waals surface area (Å²) in [6.45, 7) is 5.77. The second-order valence-electron chi connectivity index (χ2n) is 5.38. The van der Waals surface area contributed by atoms with Crippen molar-refractivity contribution in [1.29, 1.82) is 0 Å². The molecule has 0 bridgehead atoms. The van der Waals surface area contributed by atoms with E-state index in [1.165, 1.54) is 6.92 Å². The zero-order valence-corrected chi connectivity index (χ0v) is 14.1. The maximum atomic E-state index is 12.1. The van der Waals surface area contributed by atoms with E-state index in [4.69, 9.17) is 9.47 Å². The fourth-order valence-electron chi connectivity index (χ4n) is 2.02. The van der Waals surface area contributed by atoms with Gasteiger partial charge >= 0.3 is 5.97 Å². The largest absolute Gasteiger partial charge is 0.489 e. The summed E-state index contributed by atoms with van der Waals surface area (Å²) >= 11 is 0. The van der Waals surface area contributed by atoms with Gasteiger partial charge in [0.1, 0.15) is 12.4 Å². The maximum absolute atomic E-state index is 12.1. The Morgan fingerprint density at radius 3 is 2.44 bits per heavy atom. The fraction of sp³-hybridized carbons (Fsp3) is 0.200. The van der Waals surface area contributed by atoms with Gasteiger partial charge in [-0.05, 0) is 36.8 Å². The van der Waals surface area contributed by atoms with Crippen LogP contribution < -0.4 is 10.1 Å². The zero-order valence-electron chi connectivity index (χ0n) is 14.1. The smallest absolute Gasteiger partial charge is 0.338 e. The van der Waals surface area contributed by atoms with Crippen molar-refractivity contribution in [3.8, 4) is 5.75 Å². The Morgan fingerprint density at radius 2 is 1.80 bits per heavy atom. The molecule has 0 aromatic heterocycles. The summed E-state index contributed by atoms with van der Waals surface area (Å²) in [5.41, 5.74) is 1.31. The average molecular weight is 339 g/mol. The van der Waals surface area contributed by atoms with Crippen molar-refractivity contribution < 1.29 is 19.1 Å². The van der Waals surface area contributed by atoms with Gasteiger partial charge in [-0.25, -0.2) is 4.79 Å². The summed E-state index contributed by atoms with van der Waals surface area (Å²) < 4.78 is 10.8. The molecule has 0 unspecified atom stereocenters. The predicted molar refractivity (Wildman–Crippen MR) is 95.3 cm³/mol. The molecule has 0 heterocycles. The normalized spacial score (nSPS) is 11.2. The molecule has 130 valence electrons. The summed E-state index contributed by atoms with van der Waals surface area (Å²) in [5.74, 6) is -0.122. The van der Waals surface area contributed by atoms with Crippen LogP contribution in [-0.4, -0.2) is 24.5 Å². The number of rotatable bonds is 8. The zero-order chi connectivity index (χ0) is 18.1. The summed E-state index contributed by atoms with van der Waals surface area (Å²) in [6.07, 6.45) is 0.691. The molecule has 0 fully saturated rings. The van der Waals surface area contributed by atoms with Crippen molar-refractivity contribution in [3.05, 3.63) is 78.4 Å². The molecule has 5 heteroatoms. The van der Waals surface area contributed by atoms with Gasteiger partial charge in [0, 0.05) is 6.54 Å². The van der Waals surface area contributed by atoms with E-state index < -0.39 is 12.1 Å². The summed E-state index contributed by atoms with van der Waals surface area (Å²) in [4.78, 5) is 23.8. The number of hydrogen-bond acceptors (Lipinski definition) is 4. The van der Waals surface area contributed by atoms with Gasteiger partial charge in [0.25, 0.3) is 5.91 Å². The SMILES string of the molecule is C=CCNC(=O)[C@H](C)OC(=O)c1ccc(COc2ccccc2)cc1. The minimum atomic E-state index is -0.867. The third kappa shape index (κ3) is 5.80. The molecule has 5 nitrogen and oxygen atoms in total. The molecule has 1 N–H and O–H groups in total. The lowest BCUT2D eigenvalue weighted by molar-refractivity contribution is -0.128. The molecule has 2 rings (SSSR count). The molecule has 0 radical (unpaired) electrons. The number of ether oxygens (including phenoxy) is 2. The van der Waals surface area contributed by atoms with Crippen molar-refractivity contribution in [2.24, 2.45) is 0 Å². The van der Waals surface area contributed by atoms with Crippen LogP contribution in [0.25, 0.3) is 0 Å². The second kappa shape index (κ2) is 9.27. The number of carbonyl (C=O) groups is 2. The van der Waals surface area contributed by atoms with E-state index in [0.29, 0.717) is 18.7 Å². The second-order valence-corrected chi connectivity index (χ2v) is 5.38. The predicted octanol–water partition coefficient (Wildman–Crippen LogP) is 3.11. The lowest BCUT2D eigenvalue weighted by Crippen LogP contribution is -2.35. The fourth-order valence-corrected chi connectivity index (χ4v) is 2.02. The first-order chi connectivity index (χ1) is 12.1. The van der Waals surface area contributed by atoms with Gasteiger partial charge in [-0.15, -0.1) is 6.58 Å². The number of benzene rings is 2. The van der Waals surface area contributed by atoms with Crippen LogP contribution in [0.15, 0.2) is 67.3 Å². The highest BCUT2D eigenvalue weighted by atomic mass is 16.5. The van der Waals surface area contributed by atoms with E-state index in [9.17, 15) is 9.59 Å². The van der Waals surface area contributed by atoms with E-state index in [1.807, 2.05) is 30.3 Å². The third-order valence-corrected chi connectivity index (χ3v) is 3.41. The Balaban J connectivity index is 1.87. The standard InChI is InChI=1S/C20H21NO4/c1-3-13-21-19(22)15(2)25-20(23)17-11-9-16(10-12-17)14-24-18-7-5-4-6-8-18/h3-12,15H,1,13-14H2,2H3,(H,21,22)/t15-/m0/s1. The van der Waals surface area contributed by atoms with Crippen LogP contribution in [0.4, 0.5) is 0 Å². The molecule has 0 saturated heterocycles. The molecular weight excluding hydrogens is 318 g/mol. The van der Waals surface area contributed by atoms with E-state index in [1.54, 1.807) is 30.3 Å².